The molecule has 0 spiro atoms. The van der Waals surface area contributed by atoms with E-state index in [1.807, 2.05) is 30.1 Å². The van der Waals surface area contributed by atoms with E-state index in [1.165, 1.54) is 0 Å². The molecule has 1 aromatic heterocycles. The minimum absolute atomic E-state index is 0.0375. The summed E-state index contributed by atoms with van der Waals surface area (Å²) in [7, 11) is 1.86. The number of nitrogen functional groups attached to an aromatic ring is 1. The average molecular weight is 291 g/mol. The molecule has 0 fully saturated rings. The first-order valence-electron chi connectivity index (χ1n) is 6.67. The van der Waals surface area contributed by atoms with Gasteiger partial charge in [-0.25, -0.2) is 0 Å². The predicted octanol–water partition coefficient (Wildman–Crippen LogP) is 2.96. The van der Waals surface area contributed by atoms with E-state index in [4.69, 9.17) is 5.73 Å². The summed E-state index contributed by atoms with van der Waals surface area (Å²) < 4.78 is 0. The van der Waals surface area contributed by atoms with Gasteiger partial charge in [0.25, 0.3) is 5.91 Å². The number of nitrogens with one attached hydrogen (secondary N) is 1. The van der Waals surface area contributed by atoms with Crippen LogP contribution in [-0.4, -0.2) is 40.9 Å². The molecule has 0 aliphatic rings. The van der Waals surface area contributed by atoms with E-state index in [0.717, 1.165) is 23.1 Å². The molecule has 1 unspecified atom stereocenters. The van der Waals surface area contributed by atoms with E-state index in [1.54, 1.807) is 18.0 Å². The Balaban J connectivity index is 2.24. The molecule has 108 valence electrons. The fourth-order valence-corrected chi connectivity index (χ4v) is 2.76. The van der Waals surface area contributed by atoms with E-state index in [2.05, 4.69) is 18.2 Å². The second kappa shape index (κ2) is 6.22. The van der Waals surface area contributed by atoms with Gasteiger partial charge in [-0.3, -0.25) is 4.79 Å². The topological polar surface area (TPSA) is 62.1 Å². The third kappa shape index (κ3) is 2.93. The van der Waals surface area contributed by atoms with Crippen molar-refractivity contribution >= 4 is 34.3 Å². The number of carbonyl (C=O) groups is 1. The number of H-pyrrole nitrogens is 1. The van der Waals surface area contributed by atoms with Gasteiger partial charge in [-0.05, 0) is 43.6 Å². The van der Waals surface area contributed by atoms with Crippen molar-refractivity contribution < 1.29 is 4.79 Å². The molecule has 0 radical (unpaired) electrons. The number of rotatable bonds is 5. The van der Waals surface area contributed by atoms with Crippen LogP contribution in [0.25, 0.3) is 10.9 Å². The minimum Gasteiger partial charge on any atom is -0.399 e. The summed E-state index contributed by atoms with van der Waals surface area (Å²) in [6, 6.07) is 5.80. The summed E-state index contributed by atoms with van der Waals surface area (Å²) in [5.41, 5.74) is 8.11. The summed E-state index contributed by atoms with van der Waals surface area (Å²) in [4.78, 5) is 17.5. The van der Waals surface area contributed by atoms with Crippen LogP contribution in [-0.2, 0) is 0 Å². The smallest absolute Gasteiger partial charge is 0.256 e. The highest BCUT2D eigenvalue weighted by atomic mass is 32.2. The van der Waals surface area contributed by atoms with E-state index in [9.17, 15) is 4.79 Å². The fraction of sp³-hybridized carbons (Fsp3) is 0.400. The van der Waals surface area contributed by atoms with Crippen molar-refractivity contribution in [3.63, 3.8) is 0 Å². The number of thioether (sulfide) groups is 1. The number of aromatic nitrogens is 1. The second-order valence-corrected chi connectivity index (χ2v) is 6.04. The van der Waals surface area contributed by atoms with E-state index < -0.39 is 0 Å². The monoisotopic (exact) mass is 291 g/mol. The number of carbonyl (C=O) groups excluding carboxylic acids is 1. The number of nitrogens with two attached hydrogens (primary N) is 1. The number of anilines is 1. The average Bonchev–Trinajstić information content (AvgIpc) is 2.85. The quantitative estimate of drug-likeness (QED) is 0.833. The molecule has 2 rings (SSSR count). The van der Waals surface area contributed by atoms with Crippen LogP contribution in [0.4, 0.5) is 5.69 Å². The summed E-state index contributed by atoms with van der Waals surface area (Å²) in [5, 5.41) is 0.888. The van der Waals surface area contributed by atoms with Gasteiger partial charge in [-0.15, -0.1) is 0 Å². The Morgan fingerprint density at radius 1 is 1.50 bits per heavy atom. The molecule has 0 aliphatic heterocycles. The highest BCUT2D eigenvalue weighted by molar-refractivity contribution is 7.98. The molecule has 0 saturated carbocycles. The number of nitrogens with zero attached hydrogens (tertiary/aromatic N) is 1. The van der Waals surface area contributed by atoms with Crippen molar-refractivity contribution in [1.29, 1.82) is 0 Å². The maximum Gasteiger partial charge on any atom is 0.256 e. The molecular formula is C15H21N3OS. The molecule has 1 amide bonds. The van der Waals surface area contributed by atoms with Crippen molar-refractivity contribution in [2.24, 2.45) is 0 Å². The van der Waals surface area contributed by atoms with Gasteiger partial charge < -0.3 is 15.6 Å². The third-order valence-electron chi connectivity index (χ3n) is 3.66. The molecule has 1 atom stereocenters. The van der Waals surface area contributed by atoms with Crippen LogP contribution in [0.5, 0.6) is 0 Å². The summed E-state index contributed by atoms with van der Waals surface area (Å²) in [6.45, 7) is 2.08. The molecule has 20 heavy (non-hydrogen) atoms. The number of hydrogen-bond acceptors (Lipinski definition) is 3. The second-order valence-electron chi connectivity index (χ2n) is 5.05. The molecule has 0 aliphatic carbocycles. The number of fused-ring (bicyclic) bond motifs is 1. The van der Waals surface area contributed by atoms with Gasteiger partial charge in [0.2, 0.25) is 0 Å². The van der Waals surface area contributed by atoms with Gasteiger partial charge in [0.05, 0.1) is 5.56 Å². The van der Waals surface area contributed by atoms with Crippen molar-refractivity contribution in [3.05, 3.63) is 30.0 Å². The molecule has 4 nitrogen and oxygen atoms in total. The molecule has 1 heterocycles. The van der Waals surface area contributed by atoms with Crippen LogP contribution in [0.2, 0.25) is 0 Å². The summed E-state index contributed by atoms with van der Waals surface area (Å²) in [6.07, 6.45) is 4.84. The zero-order valence-corrected chi connectivity index (χ0v) is 13.0. The lowest BCUT2D eigenvalue weighted by Gasteiger charge is -2.24. The molecule has 0 bridgehead atoms. The molecule has 0 saturated heterocycles. The van der Waals surface area contributed by atoms with Crippen LogP contribution >= 0.6 is 11.8 Å². The first-order chi connectivity index (χ1) is 9.54. The normalized spacial score (nSPS) is 12.6. The maximum atomic E-state index is 12.6. The molecular weight excluding hydrogens is 270 g/mol. The van der Waals surface area contributed by atoms with Gasteiger partial charge >= 0.3 is 0 Å². The zero-order chi connectivity index (χ0) is 14.7. The van der Waals surface area contributed by atoms with Crippen LogP contribution < -0.4 is 5.73 Å². The van der Waals surface area contributed by atoms with E-state index in [-0.39, 0.29) is 11.9 Å². The SMILES string of the molecule is CSCCC(C)N(C)C(=O)c1c[nH]c2ccc(N)cc12. The van der Waals surface area contributed by atoms with Crippen LogP contribution in [0.1, 0.15) is 23.7 Å². The molecule has 2 aromatic rings. The largest absolute Gasteiger partial charge is 0.399 e. The lowest BCUT2D eigenvalue weighted by atomic mass is 10.1. The highest BCUT2D eigenvalue weighted by Crippen LogP contribution is 2.23. The van der Waals surface area contributed by atoms with Crippen molar-refractivity contribution in [2.75, 3.05) is 24.8 Å². The van der Waals surface area contributed by atoms with E-state index in [0.29, 0.717) is 11.3 Å². The first kappa shape index (κ1) is 14.8. The van der Waals surface area contributed by atoms with Gasteiger partial charge in [0.15, 0.2) is 0 Å². The standard InChI is InChI=1S/C15H21N3OS/c1-10(6-7-20-3)18(2)15(19)13-9-17-14-5-4-11(16)8-12(13)14/h4-5,8-10,17H,6-7,16H2,1-3H3. The predicted molar refractivity (Wildman–Crippen MR) is 87.3 cm³/mol. The summed E-state index contributed by atoms with van der Waals surface area (Å²) >= 11 is 1.80. The molecule has 1 aromatic carbocycles. The third-order valence-corrected chi connectivity index (χ3v) is 4.30. The fourth-order valence-electron chi connectivity index (χ4n) is 2.19. The molecule has 5 heteroatoms. The minimum atomic E-state index is 0.0375. The van der Waals surface area contributed by atoms with Gasteiger partial charge in [0, 0.05) is 35.9 Å². The van der Waals surface area contributed by atoms with Crippen molar-refractivity contribution in [1.82, 2.24) is 9.88 Å². The molecule has 3 N–H and O–H groups in total. The number of benzene rings is 1. The van der Waals surface area contributed by atoms with Crippen LogP contribution in [0.3, 0.4) is 0 Å². The maximum absolute atomic E-state index is 12.6. The highest BCUT2D eigenvalue weighted by Gasteiger charge is 2.20. The zero-order valence-electron chi connectivity index (χ0n) is 12.1. The van der Waals surface area contributed by atoms with E-state index >= 15 is 0 Å². The van der Waals surface area contributed by atoms with Crippen LogP contribution in [0, 0.1) is 0 Å². The number of hydrogen-bond donors (Lipinski definition) is 2. The van der Waals surface area contributed by atoms with Gasteiger partial charge in [-0.1, -0.05) is 0 Å². The Morgan fingerprint density at radius 3 is 2.95 bits per heavy atom. The lowest BCUT2D eigenvalue weighted by molar-refractivity contribution is 0.0743. The van der Waals surface area contributed by atoms with Gasteiger partial charge in [0.1, 0.15) is 0 Å². The Bertz CT molecular complexity index is 608. The van der Waals surface area contributed by atoms with Crippen molar-refractivity contribution in [3.8, 4) is 0 Å². The first-order valence-corrected chi connectivity index (χ1v) is 8.06. The van der Waals surface area contributed by atoms with Crippen LogP contribution in [0.15, 0.2) is 24.4 Å². The Morgan fingerprint density at radius 2 is 2.25 bits per heavy atom. The van der Waals surface area contributed by atoms with Gasteiger partial charge in [-0.2, -0.15) is 11.8 Å². The Hall–Kier alpha value is -1.62. The van der Waals surface area contributed by atoms with Crippen molar-refractivity contribution in [2.45, 2.75) is 19.4 Å². The Kier molecular flexibility index (Phi) is 4.60. The number of aromatic amines is 1. The number of amides is 1. The Labute approximate surface area is 123 Å². The summed E-state index contributed by atoms with van der Waals surface area (Å²) in [5.74, 6) is 1.09. The lowest BCUT2D eigenvalue weighted by Crippen LogP contribution is -2.35.